The fourth-order valence-corrected chi connectivity index (χ4v) is 3.97. The Kier molecular flexibility index (Phi) is 4.81. The Morgan fingerprint density at radius 3 is 2.56 bits per heavy atom. The van der Waals surface area contributed by atoms with Crippen molar-refractivity contribution in [1.29, 1.82) is 0 Å². The lowest BCUT2D eigenvalue weighted by molar-refractivity contribution is -0.131. The smallest absolute Gasteiger partial charge is 0.281 e. The van der Waals surface area contributed by atoms with Crippen LogP contribution >= 0.6 is 0 Å². The van der Waals surface area contributed by atoms with Crippen molar-refractivity contribution in [2.45, 2.75) is 13.3 Å². The first-order chi connectivity index (χ1) is 11.8. The number of rotatable bonds is 4. The molecule has 1 aliphatic rings. The molecule has 1 aliphatic heterocycles. The molecule has 3 rings (SSSR count). The molecule has 0 radical (unpaired) electrons. The van der Waals surface area contributed by atoms with Gasteiger partial charge in [-0.05, 0) is 17.7 Å². The zero-order valence-electron chi connectivity index (χ0n) is 14.6. The Morgan fingerprint density at radius 1 is 1.24 bits per heavy atom. The van der Waals surface area contributed by atoms with E-state index in [0.717, 1.165) is 11.1 Å². The lowest BCUT2D eigenvalue weighted by atomic mass is 10.1. The summed E-state index contributed by atoms with van der Waals surface area (Å²) < 4.78 is 32.3. The van der Waals surface area contributed by atoms with Crippen molar-refractivity contribution in [1.82, 2.24) is 18.5 Å². The topological polar surface area (TPSA) is 87.0 Å². The molecule has 1 fully saturated rings. The van der Waals surface area contributed by atoms with E-state index in [0.29, 0.717) is 37.7 Å². The Morgan fingerprint density at radius 2 is 1.92 bits per heavy atom. The highest BCUT2D eigenvalue weighted by molar-refractivity contribution is 7.86. The Hall–Kier alpha value is -1.97. The molecule has 0 atom stereocenters. The number of hydrogen-bond donors (Lipinski definition) is 0. The van der Waals surface area contributed by atoms with Crippen LogP contribution in [0.15, 0.2) is 22.6 Å². The monoisotopic (exact) mass is 366 g/mol. The number of carbonyl (C=O) groups is 1. The van der Waals surface area contributed by atoms with Crippen LogP contribution in [0.5, 0.6) is 0 Å². The van der Waals surface area contributed by atoms with E-state index in [2.05, 4.69) is 4.98 Å². The van der Waals surface area contributed by atoms with Gasteiger partial charge in [0.15, 0.2) is 11.5 Å². The lowest BCUT2D eigenvalue weighted by Gasteiger charge is -2.35. The van der Waals surface area contributed by atoms with Crippen LogP contribution in [-0.4, -0.2) is 73.1 Å². The lowest BCUT2D eigenvalue weighted by Crippen LogP contribution is -2.53. The SMILES string of the molecule is Cc1nc2ccc(CC(=O)N3CCN(S(=O)(=O)N(C)C)CC3)cc2o1. The second kappa shape index (κ2) is 6.74. The van der Waals surface area contributed by atoms with Gasteiger partial charge in [-0.1, -0.05) is 6.07 Å². The van der Waals surface area contributed by atoms with Crippen molar-refractivity contribution in [3.05, 3.63) is 29.7 Å². The van der Waals surface area contributed by atoms with Gasteiger partial charge in [0.25, 0.3) is 10.2 Å². The molecule has 2 aromatic rings. The van der Waals surface area contributed by atoms with Crippen molar-refractivity contribution in [2.75, 3.05) is 40.3 Å². The Labute approximate surface area is 147 Å². The largest absolute Gasteiger partial charge is 0.441 e. The molecule has 0 bridgehead atoms. The number of oxazole rings is 1. The first-order valence-corrected chi connectivity index (χ1v) is 9.48. The van der Waals surface area contributed by atoms with Gasteiger partial charge in [-0.15, -0.1) is 0 Å². The molecule has 0 N–H and O–H groups in total. The molecule has 0 aliphatic carbocycles. The predicted octanol–water partition coefficient (Wildman–Crippen LogP) is 0.629. The third kappa shape index (κ3) is 3.68. The quantitative estimate of drug-likeness (QED) is 0.792. The third-order valence-electron chi connectivity index (χ3n) is 4.29. The summed E-state index contributed by atoms with van der Waals surface area (Å²) in [6.07, 6.45) is 0.260. The zero-order chi connectivity index (χ0) is 18.2. The summed E-state index contributed by atoms with van der Waals surface area (Å²) in [7, 11) is -0.404. The number of aromatic nitrogens is 1. The summed E-state index contributed by atoms with van der Waals surface area (Å²) >= 11 is 0. The van der Waals surface area contributed by atoms with E-state index in [1.165, 1.54) is 22.7 Å². The number of carbonyl (C=O) groups excluding carboxylic acids is 1. The Bertz CT molecular complexity index is 883. The average molecular weight is 366 g/mol. The maximum absolute atomic E-state index is 12.5. The molecule has 136 valence electrons. The summed E-state index contributed by atoms with van der Waals surface area (Å²) in [5, 5.41) is 0. The maximum Gasteiger partial charge on any atom is 0.281 e. The minimum Gasteiger partial charge on any atom is -0.441 e. The van der Waals surface area contributed by atoms with E-state index in [1.807, 2.05) is 18.2 Å². The van der Waals surface area contributed by atoms with Gasteiger partial charge in [0, 0.05) is 47.2 Å². The molecule has 25 heavy (non-hydrogen) atoms. The number of nitrogens with zero attached hydrogens (tertiary/aromatic N) is 4. The van der Waals surface area contributed by atoms with Gasteiger partial charge in [0.05, 0.1) is 6.42 Å². The van der Waals surface area contributed by atoms with Gasteiger partial charge in [0.1, 0.15) is 5.52 Å². The van der Waals surface area contributed by atoms with E-state index in [-0.39, 0.29) is 12.3 Å². The van der Waals surface area contributed by atoms with Gasteiger partial charge in [-0.3, -0.25) is 4.79 Å². The first kappa shape index (κ1) is 17.8. The maximum atomic E-state index is 12.5. The molecule has 0 spiro atoms. The highest BCUT2D eigenvalue weighted by Crippen LogP contribution is 2.18. The van der Waals surface area contributed by atoms with E-state index in [4.69, 9.17) is 4.42 Å². The predicted molar refractivity (Wildman–Crippen MR) is 93.2 cm³/mol. The average Bonchev–Trinajstić information content (AvgIpc) is 2.94. The molecule has 1 saturated heterocycles. The van der Waals surface area contributed by atoms with Crippen LogP contribution in [-0.2, 0) is 21.4 Å². The number of benzene rings is 1. The summed E-state index contributed by atoms with van der Waals surface area (Å²) in [4.78, 5) is 18.4. The molecule has 0 unspecified atom stereocenters. The minimum absolute atomic E-state index is 0.0162. The van der Waals surface area contributed by atoms with Crippen LogP contribution in [0.4, 0.5) is 0 Å². The van der Waals surface area contributed by atoms with Gasteiger partial charge >= 0.3 is 0 Å². The van der Waals surface area contributed by atoms with Crippen LogP contribution in [0.2, 0.25) is 0 Å². The van der Waals surface area contributed by atoms with Crippen LogP contribution in [0.25, 0.3) is 11.1 Å². The highest BCUT2D eigenvalue weighted by atomic mass is 32.2. The Balaban J connectivity index is 1.62. The standard InChI is InChI=1S/C16H22N4O4S/c1-12-17-14-5-4-13(10-15(14)24-12)11-16(21)19-6-8-20(9-7-19)25(22,23)18(2)3/h4-5,10H,6-9,11H2,1-3H3. The first-order valence-electron chi connectivity index (χ1n) is 8.09. The van der Waals surface area contributed by atoms with Gasteiger partial charge in [0.2, 0.25) is 5.91 Å². The van der Waals surface area contributed by atoms with Gasteiger partial charge in [-0.2, -0.15) is 17.0 Å². The van der Waals surface area contributed by atoms with E-state index < -0.39 is 10.2 Å². The van der Waals surface area contributed by atoms with E-state index in [9.17, 15) is 13.2 Å². The van der Waals surface area contributed by atoms with Crippen molar-refractivity contribution in [3.8, 4) is 0 Å². The molecule has 1 amide bonds. The second-order valence-corrected chi connectivity index (χ2v) is 8.42. The number of hydrogen-bond acceptors (Lipinski definition) is 5. The van der Waals surface area contributed by atoms with Crippen LogP contribution < -0.4 is 0 Å². The van der Waals surface area contributed by atoms with Crippen LogP contribution in [0.3, 0.4) is 0 Å². The van der Waals surface area contributed by atoms with Crippen molar-refractivity contribution < 1.29 is 17.6 Å². The van der Waals surface area contributed by atoms with Gasteiger partial charge in [-0.25, -0.2) is 4.98 Å². The van der Waals surface area contributed by atoms with Crippen molar-refractivity contribution in [2.24, 2.45) is 0 Å². The fourth-order valence-electron chi connectivity index (χ4n) is 2.88. The van der Waals surface area contributed by atoms with Gasteiger partial charge < -0.3 is 9.32 Å². The van der Waals surface area contributed by atoms with Crippen LogP contribution in [0, 0.1) is 6.92 Å². The number of aryl methyl sites for hydroxylation is 1. The molecule has 2 heterocycles. The molecular formula is C16H22N4O4S. The minimum atomic E-state index is -3.42. The molecular weight excluding hydrogens is 344 g/mol. The second-order valence-electron chi connectivity index (χ2n) is 6.28. The van der Waals surface area contributed by atoms with E-state index in [1.54, 1.807) is 11.8 Å². The molecule has 9 heteroatoms. The van der Waals surface area contributed by atoms with E-state index >= 15 is 0 Å². The van der Waals surface area contributed by atoms with Crippen LogP contribution in [0.1, 0.15) is 11.5 Å². The zero-order valence-corrected chi connectivity index (χ0v) is 15.4. The molecule has 1 aromatic carbocycles. The summed E-state index contributed by atoms with van der Waals surface area (Å²) in [5.41, 5.74) is 2.30. The summed E-state index contributed by atoms with van der Waals surface area (Å²) in [6.45, 7) is 3.20. The number of piperazine rings is 1. The summed E-state index contributed by atoms with van der Waals surface area (Å²) in [6, 6.07) is 5.55. The number of amides is 1. The normalized spacial score (nSPS) is 16.7. The molecule has 8 nitrogen and oxygen atoms in total. The fraction of sp³-hybridized carbons (Fsp3) is 0.500. The summed E-state index contributed by atoms with van der Waals surface area (Å²) in [5.74, 6) is 0.578. The number of fused-ring (bicyclic) bond motifs is 1. The van der Waals surface area contributed by atoms with Crippen molar-refractivity contribution >= 4 is 27.2 Å². The third-order valence-corrected chi connectivity index (χ3v) is 6.23. The van der Waals surface area contributed by atoms with Crippen molar-refractivity contribution in [3.63, 3.8) is 0 Å². The molecule has 0 saturated carbocycles. The highest BCUT2D eigenvalue weighted by Gasteiger charge is 2.30. The molecule has 1 aromatic heterocycles.